The molecular weight excluding hydrogens is 918 g/mol. The Labute approximate surface area is 399 Å². The van der Waals surface area contributed by atoms with Crippen LogP contribution in [0.2, 0.25) is 0 Å². The van der Waals surface area contributed by atoms with E-state index in [1.807, 2.05) is 48.6 Å². The van der Waals surface area contributed by atoms with Crippen molar-refractivity contribution in [3.8, 4) is 0 Å². The fourth-order valence-corrected chi connectivity index (χ4v) is 7.20. The van der Waals surface area contributed by atoms with Crippen molar-refractivity contribution >= 4 is 47.2 Å². The van der Waals surface area contributed by atoms with E-state index in [9.17, 15) is 39.6 Å². The molecule has 0 aromatic heterocycles. The molecule has 0 aromatic rings. The van der Waals surface area contributed by atoms with Gasteiger partial charge in [-0.25, -0.2) is 0 Å². The SMILES string of the molecule is CCN=C(C(=O)[O-])N(C)C1=C(CC)C=CC1.CCN=C(C(=O)[O-])N(C)C1=C(CC)C=CC1.CCN=C(C(=O)[O-])N(C)C1=C(CC)C=CC1.CCN=C(C(=O)[O-])N(C)C1=C(CC)C=CC1.[Ru+4]. The van der Waals surface area contributed by atoms with Gasteiger partial charge >= 0.3 is 19.5 Å². The second-order valence-corrected chi connectivity index (χ2v) is 14.3. The summed E-state index contributed by atoms with van der Waals surface area (Å²) in [7, 11) is 6.90. The summed E-state index contributed by atoms with van der Waals surface area (Å²) in [6.07, 6.45) is 22.9. The monoisotopic (exact) mass is 986 g/mol. The molecule has 0 amide bonds. The number of nitrogens with zero attached hydrogens (tertiary/aromatic N) is 8. The van der Waals surface area contributed by atoms with Crippen molar-refractivity contribution in [2.75, 3.05) is 54.4 Å². The number of hydrogen-bond donors (Lipinski definition) is 0. The molecule has 0 bridgehead atoms. The maximum Gasteiger partial charge on any atom is 4.00 e. The average molecular weight is 986 g/mol. The van der Waals surface area contributed by atoms with Gasteiger partial charge in [-0.1, -0.05) is 76.3 Å². The van der Waals surface area contributed by atoms with Gasteiger partial charge in [0.2, 0.25) is 0 Å². The molecule has 0 aromatic carbocycles. The van der Waals surface area contributed by atoms with E-state index in [0.29, 0.717) is 26.2 Å². The first-order valence-corrected chi connectivity index (χ1v) is 22.0. The van der Waals surface area contributed by atoms with Gasteiger partial charge in [0.15, 0.2) is 23.3 Å². The van der Waals surface area contributed by atoms with Crippen molar-refractivity contribution < 1.29 is 59.1 Å². The summed E-state index contributed by atoms with van der Waals surface area (Å²) >= 11 is 0. The van der Waals surface area contributed by atoms with Gasteiger partial charge in [-0.3, -0.25) is 20.0 Å². The Morgan fingerprint density at radius 1 is 0.400 bits per heavy atom. The van der Waals surface area contributed by atoms with Crippen LogP contribution in [0.3, 0.4) is 0 Å². The molecule has 0 saturated heterocycles. The fraction of sp³-hybridized carbons (Fsp3) is 0.500. The second-order valence-electron chi connectivity index (χ2n) is 14.3. The van der Waals surface area contributed by atoms with Gasteiger partial charge in [-0.2, -0.15) is 0 Å². The van der Waals surface area contributed by atoms with Crippen LogP contribution < -0.4 is 20.4 Å². The Morgan fingerprint density at radius 3 is 0.692 bits per heavy atom. The summed E-state index contributed by atoms with van der Waals surface area (Å²) in [5.41, 5.74) is 8.64. The third-order valence-electron chi connectivity index (χ3n) is 10.4. The molecule has 4 aliphatic rings. The maximum absolute atomic E-state index is 11.0. The number of aliphatic carboxylic acids is 4. The zero-order valence-electron chi connectivity index (χ0n) is 40.3. The minimum absolute atomic E-state index is 0. The number of carbonyl (C=O) groups excluding carboxylic acids is 4. The number of likely N-dealkylation sites (N-methyl/N-ethyl adjacent to an activating group) is 4. The van der Waals surface area contributed by atoms with Crippen LogP contribution in [0.15, 0.2) is 114 Å². The topological polar surface area (TPSA) is 223 Å². The number of carboxylic acid groups (broad SMARTS) is 4. The van der Waals surface area contributed by atoms with Crippen molar-refractivity contribution in [1.29, 1.82) is 0 Å². The molecule has 356 valence electrons. The number of amidine groups is 4. The molecule has 17 heteroatoms. The molecule has 4 aliphatic carbocycles. The van der Waals surface area contributed by atoms with Gasteiger partial charge in [0, 0.05) is 103 Å². The Hall–Kier alpha value is -5.70. The minimum Gasteiger partial charge on any atom is -0.542 e. The summed E-state index contributed by atoms with van der Waals surface area (Å²) in [4.78, 5) is 66.1. The van der Waals surface area contributed by atoms with Crippen LogP contribution >= 0.6 is 0 Å². The van der Waals surface area contributed by atoms with Crippen LogP contribution in [0.1, 0.15) is 107 Å². The van der Waals surface area contributed by atoms with Crippen LogP contribution in [-0.2, 0) is 38.7 Å². The molecule has 0 atom stereocenters. The van der Waals surface area contributed by atoms with Crippen molar-refractivity contribution in [3.05, 3.63) is 93.7 Å². The van der Waals surface area contributed by atoms with Gasteiger partial charge in [0.25, 0.3) is 0 Å². The van der Waals surface area contributed by atoms with Gasteiger partial charge in [0.05, 0.1) is 0 Å². The van der Waals surface area contributed by atoms with Crippen LogP contribution in [0.4, 0.5) is 0 Å². The molecular formula is C48H68N8O8Ru. The van der Waals surface area contributed by atoms with E-state index in [4.69, 9.17) is 0 Å². The van der Waals surface area contributed by atoms with Crippen LogP contribution in [0.5, 0.6) is 0 Å². The number of carboxylic acids is 4. The van der Waals surface area contributed by atoms with E-state index in [2.05, 4.69) is 47.7 Å². The van der Waals surface area contributed by atoms with Crippen LogP contribution in [0, 0.1) is 0 Å². The van der Waals surface area contributed by atoms with E-state index < -0.39 is 23.9 Å². The zero-order chi connectivity index (χ0) is 48.5. The molecule has 0 aliphatic heterocycles. The molecule has 4 rings (SSSR count). The molecule has 0 heterocycles. The third-order valence-corrected chi connectivity index (χ3v) is 10.4. The molecule has 65 heavy (non-hydrogen) atoms. The predicted molar refractivity (Wildman–Crippen MR) is 247 cm³/mol. The summed E-state index contributed by atoms with van der Waals surface area (Å²) < 4.78 is 0. The van der Waals surface area contributed by atoms with Gasteiger partial charge in [-0.05, 0) is 75.7 Å². The van der Waals surface area contributed by atoms with Crippen molar-refractivity contribution in [1.82, 2.24) is 19.6 Å². The molecule has 0 unspecified atom stereocenters. The van der Waals surface area contributed by atoms with E-state index in [-0.39, 0.29) is 42.8 Å². The Balaban J connectivity index is 0.000000836. The summed E-state index contributed by atoms with van der Waals surface area (Å²) in [5.74, 6) is -4.87. The third kappa shape index (κ3) is 17.7. The molecule has 0 spiro atoms. The normalized spacial score (nSPS) is 15.6. The average Bonchev–Trinajstić information content (AvgIpc) is 4.12. The molecule has 0 saturated carbocycles. The second kappa shape index (κ2) is 31.2. The Kier molecular flexibility index (Phi) is 28.5. The minimum atomic E-state index is -1.22. The first-order chi connectivity index (χ1) is 30.5. The number of rotatable bonds is 12. The standard InChI is InChI=1S/4C12H18N2O2.Ru/c4*1-4-9-7-6-8-10(9)14(3)11(12(15)16)13-5-2;/h4*6-7H,4-5,8H2,1-3H3,(H,15,16);/q;;;;+4/p-4. The van der Waals surface area contributed by atoms with Crippen LogP contribution in [0.25, 0.3) is 0 Å². The molecule has 0 fully saturated rings. The largest absolute Gasteiger partial charge is 4.00 e. The summed E-state index contributed by atoms with van der Waals surface area (Å²) in [6.45, 7) is 17.2. The van der Waals surface area contributed by atoms with E-state index in [1.165, 1.54) is 0 Å². The van der Waals surface area contributed by atoms with Gasteiger partial charge < -0.3 is 59.2 Å². The van der Waals surface area contributed by atoms with Gasteiger partial charge in [-0.15, -0.1) is 0 Å². The first-order valence-electron chi connectivity index (χ1n) is 22.0. The van der Waals surface area contributed by atoms with Gasteiger partial charge in [0.1, 0.15) is 23.9 Å². The Bertz CT molecular complexity index is 1760. The summed E-state index contributed by atoms with van der Waals surface area (Å²) in [6, 6.07) is 0. The Morgan fingerprint density at radius 2 is 0.569 bits per heavy atom. The van der Waals surface area contributed by atoms with Crippen molar-refractivity contribution in [2.24, 2.45) is 20.0 Å². The van der Waals surface area contributed by atoms with Crippen molar-refractivity contribution in [3.63, 3.8) is 0 Å². The number of allylic oxidation sites excluding steroid dienone is 12. The molecule has 16 nitrogen and oxygen atoms in total. The molecule has 0 N–H and O–H groups in total. The quantitative estimate of drug-likeness (QED) is 0.157. The number of aliphatic imine (C=N–C) groups is 4. The number of carbonyl (C=O) groups is 4. The van der Waals surface area contributed by atoms with E-state index in [0.717, 1.165) is 96.4 Å². The smallest absolute Gasteiger partial charge is 0.542 e. The fourth-order valence-electron chi connectivity index (χ4n) is 7.20. The number of hydrogen-bond acceptors (Lipinski definition) is 12. The summed E-state index contributed by atoms with van der Waals surface area (Å²) in [5, 5.41) is 43.8. The van der Waals surface area contributed by atoms with E-state index >= 15 is 0 Å². The van der Waals surface area contributed by atoms with Crippen molar-refractivity contribution in [2.45, 2.75) is 107 Å². The predicted octanol–water partition coefficient (Wildman–Crippen LogP) is 2.84. The van der Waals surface area contributed by atoms with Crippen LogP contribution in [-0.4, -0.2) is 121 Å². The first kappa shape index (κ1) is 59.3. The zero-order valence-corrected chi connectivity index (χ0v) is 42.0. The maximum atomic E-state index is 11.0. The molecule has 0 radical (unpaired) electrons. The van der Waals surface area contributed by atoms with E-state index in [1.54, 1.807) is 75.5 Å².